The van der Waals surface area contributed by atoms with Crippen molar-refractivity contribution in [3.8, 4) is 0 Å². The number of aliphatic hydroxyl groups excluding tert-OH is 1. The van der Waals surface area contributed by atoms with Crippen LogP contribution in [-0.4, -0.2) is 41.7 Å². The van der Waals surface area contributed by atoms with Crippen LogP contribution in [0, 0.1) is 5.92 Å². The van der Waals surface area contributed by atoms with Crippen LogP contribution in [0.15, 0.2) is 30.3 Å². The Morgan fingerprint density at radius 1 is 1.16 bits per heavy atom. The average molecular weight is 344 g/mol. The van der Waals surface area contributed by atoms with Crippen LogP contribution in [0.5, 0.6) is 0 Å². The summed E-state index contributed by atoms with van der Waals surface area (Å²) in [5.74, 6) is 0.298. The number of benzene rings is 1. The molecule has 2 N–H and O–H groups in total. The molecule has 4 heteroatoms. The summed E-state index contributed by atoms with van der Waals surface area (Å²) in [5, 5.41) is 12.4. The fraction of sp³-hybridized carbons (Fsp3) is 0.667. The van der Waals surface area contributed by atoms with Gasteiger partial charge in [-0.2, -0.15) is 0 Å². The first-order valence-electron chi connectivity index (χ1n) is 9.98. The van der Waals surface area contributed by atoms with Gasteiger partial charge in [-0.15, -0.1) is 0 Å². The molecule has 138 valence electrons. The molecule has 0 spiro atoms. The molecule has 1 aromatic rings. The van der Waals surface area contributed by atoms with E-state index in [2.05, 4.69) is 22.3 Å². The summed E-state index contributed by atoms with van der Waals surface area (Å²) in [6.07, 6.45) is 9.13. The van der Waals surface area contributed by atoms with Crippen molar-refractivity contribution in [1.29, 1.82) is 0 Å². The van der Waals surface area contributed by atoms with E-state index >= 15 is 0 Å². The number of hydrogen-bond acceptors (Lipinski definition) is 3. The minimum absolute atomic E-state index is 0.00424. The minimum Gasteiger partial charge on any atom is -0.396 e. The summed E-state index contributed by atoms with van der Waals surface area (Å²) < 4.78 is 0. The Bertz CT molecular complexity index is 528. The zero-order valence-electron chi connectivity index (χ0n) is 15.2. The van der Waals surface area contributed by atoms with E-state index < -0.39 is 0 Å². The van der Waals surface area contributed by atoms with E-state index in [1.807, 2.05) is 18.2 Å². The molecule has 2 fully saturated rings. The molecule has 1 amide bonds. The van der Waals surface area contributed by atoms with Gasteiger partial charge >= 0.3 is 0 Å². The molecule has 0 radical (unpaired) electrons. The smallest absolute Gasteiger partial charge is 0.224 e. The molecule has 0 bridgehead atoms. The summed E-state index contributed by atoms with van der Waals surface area (Å²) in [6.45, 7) is 2.14. The SMILES string of the molecule is O=C(NC(CCCO)c1ccccc1)C1CCN(C2CCCCC2)C1. The number of carbonyl (C=O) groups excluding carboxylic acids is 1. The van der Waals surface area contributed by atoms with Crippen molar-refractivity contribution in [3.05, 3.63) is 35.9 Å². The maximum Gasteiger partial charge on any atom is 0.224 e. The number of amides is 1. The van der Waals surface area contributed by atoms with Gasteiger partial charge in [0.1, 0.15) is 0 Å². The highest BCUT2D eigenvalue weighted by Crippen LogP contribution is 2.28. The van der Waals surface area contributed by atoms with Crippen LogP contribution >= 0.6 is 0 Å². The minimum atomic E-state index is 0.00424. The highest BCUT2D eigenvalue weighted by atomic mass is 16.3. The van der Waals surface area contributed by atoms with Gasteiger partial charge in [-0.1, -0.05) is 49.6 Å². The molecular formula is C21H32N2O2. The lowest BCUT2D eigenvalue weighted by molar-refractivity contribution is -0.125. The van der Waals surface area contributed by atoms with Crippen molar-refractivity contribution in [2.24, 2.45) is 5.92 Å². The van der Waals surface area contributed by atoms with Crippen molar-refractivity contribution in [2.45, 2.75) is 63.5 Å². The summed E-state index contributed by atoms with van der Waals surface area (Å²) in [5.41, 5.74) is 1.13. The summed E-state index contributed by atoms with van der Waals surface area (Å²) in [4.78, 5) is 15.4. The molecule has 1 saturated heterocycles. The number of hydrogen-bond donors (Lipinski definition) is 2. The number of carbonyl (C=O) groups is 1. The second kappa shape index (κ2) is 9.35. The van der Waals surface area contributed by atoms with Crippen LogP contribution < -0.4 is 5.32 Å². The van der Waals surface area contributed by atoms with Crippen LogP contribution in [0.4, 0.5) is 0 Å². The van der Waals surface area contributed by atoms with Crippen LogP contribution in [0.2, 0.25) is 0 Å². The number of nitrogens with one attached hydrogen (secondary N) is 1. The first-order chi connectivity index (χ1) is 12.3. The number of aliphatic hydroxyl groups is 1. The van der Waals surface area contributed by atoms with E-state index in [4.69, 9.17) is 5.11 Å². The highest BCUT2D eigenvalue weighted by molar-refractivity contribution is 5.79. The van der Waals surface area contributed by atoms with Gasteiger partial charge in [0.2, 0.25) is 5.91 Å². The third-order valence-electron chi connectivity index (χ3n) is 5.85. The lowest BCUT2D eigenvalue weighted by Gasteiger charge is -2.31. The molecule has 25 heavy (non-hydrogen) atoms. The van der Waals surface area contributed by atoms with Gasteiger partial charge in [0.15, 0.2) is 0 Å². The fourth-order valence-electron chi connectivity index (χ4n) is 4.37. The standard InChI is InChI=1S/C21H32N2O2/c24-15-7-12-20(17-8-3-1-4-9-17)22-21(25)18-13-14-23(16-18)19-10-5-2-6-11-19/h1,3-4,8-9,18-20,24H,2,5-7,10-16H2,(H,22,25). The van der Waals surface area contributed by atoms with E-state index in [0.717, 1.165) is 31.5 Å². The number of nitrogens with zero attached hydrogens (tertiary/aromatic N) is 1. The maximum absolute atomic E-state index is 12.8. The van der Waals surface area contributed by atoms with Gasteiger partial charge in [0.25, 0.3) is 0 Å². The van der Waals surface area contributed by atoms with Crippen molar-refractivity contribution in [3.63, 3.8) is 0 Å². The second-order valence-electron chi connectivity index (χ2n) is 7.61. The topological polar surface area (TPSA) is 52.6 Å². The second-order valence-corrected chi connectivity index (χ2v) is 7.61. The van der Waals surface area contributed by atoms with Crippen LogP contribution in [0.25, 0.3) is 0 Å². The molecular weight excluding hydrogens is 312 g/mol. The first-order valence-corrected chi connectivity index (χ1v) is 9.98. The Hall–Kier alpha value is -1.39. The van der Waals surface area contributed by atoms with E-state index in [1.54, 1.807) is 0 Å². The predicted octanol–water partition coefficient (Wildman–Crippen LogP) is 3.27. The van der Waals surface area contributed by atoms with Gasteiger partial charge in [0, 0.05) is 19.2 Å². The van der Waals surface area contributed by atoms with Crippen molar-refractivity contribution in [1.82, 2.24) is 10.2 Å². The van der Waals surface area contributed by atoms with Crippen LogP contribution in [-0.2, 0) is 4.79 Å². The van der Waals surface area contributed by atoms with E-state index in [0.29, 0.717) is 12.5 Å². The molecule has 1 aliphatic carbocycles. The maximum atomic E-state index is 12.8. The van der Waals surface area contributed by atoms with Gasteiger partial charge in [-0.05, 0) is 44.2 Å². The summed E-state index contributed by atoms with van der Waals surface area (Å²) >= 11 is 0. The molecule has 1 aromatic carbocycles. The van der Waals surface area contributed by atoms with Gasteiger partial charge in [-0.3, -0.25) is 9.69 Å². The summed E-state index contributed by atoms with van der Waals surface area (Å²) in [6, 6.07) is 10.8. The Morgan fingerprint density at radius 2 is 1.92 bits per heavy atom. The average Bonchev–Trinajstić information content (AvgIpc) is 3.17. The van der Waals surface area contributed by atoms with Gasteiger partial charge in [0.05, 0.1) is 12.0 Å². The van der Waals surface area contributed by atoms with Crippen LogP contribution in [0.3, 0.4) is 0 Å². The highest BCUT2D eigenvalue weighted by Gasteiger charge is 2.33. The molecule has 1 heterocycles. The van der Waals surface area contributed by atoms with Crippen LogP contribution in [0.1, 0.15) is 63.0 Å². The zero-order valence-corrected chi connectivity index (χ0v) is 15.2. The summed E-state index contributed by atoms with van der Waals surface area (Å²) in [7, 11) is 0. The quantitative estimate of drug-likeness (QED) is 0.798. The molecule has 2 aliphatic rings. The third kappa shape index (κ3) is 5.05. The Kier molecular flexibility index (Phi) is 6.88. The Labute approximate surface area is 151 Å². The predicted molar refractivity (Wildman–Crippen MR) is 100 cm³/mol. The molecule has 2 unspecified atom stereocenters. The van der Waals surface area contributed by atoms with E-state index in [-0.39, 0.29) is 24.5 Å². The fourth-order valence-corrected chi connectivity index (χ4v) is 4.37. The van der Waals surface area contributed by atoms with E-state index in [1.165, 1.54) is 32.1 Å². The Morgan fingerprint density at radius 3 is 2.64 bits per heavy atom. The molecule has 0 aromatic heterocycles. The molecule has 2 atom stereocenters. The van der Waals surface area contributed by atoms with E-state index in [9.17, 15) is 4.79 Å². The van der Waals surface area contributed by atoms with Gasteiger partial charge < -0.3 is 10.4 Å². The number of rotatable bonds is 7. The third-order valence-corrected chi connectivity index (χ3v) is 5.85. The number of likely N-dealkylation sites (tertiary alicyclic amines) is 1. The van der Waals surface area contributed by atoms with Crippen molar-refractivity contribution in [2.75, 3.05) is 19.7 Å². The molecule has 1 aliphatic heterocycles. The monoisotopic (exact) mass is 344 g/mol. The van der Waals surface area contributed by atoms with Crippen molar-refractivity contribution < 1.29 is 9.90 Å². The lowest BCUT2D eigenvalue weighted by Crippen LogP contribution is -2.38. The molecule has 1 saturated carbocycles. The molecule has 3 rings (SSSR count). The normalized spacial score (nSPS) is 23.5. The zero-order chi connectivity index (χ0) is 17.5. The lowest BCUT2D eigenvalue weighted by atomic mass is 9.94. The largest absolute Gasteiger partial charge is 0.396 e. The van der Waals surface area contributed by atoms with Crippen molar-refractivity contribution >= 4 is 5.91 Å². The molecule has 4 nitrogen and oxygen atoms in total. The Balaban J connectivity index is 1.56. The van der Waals surface area contributed by atoms with Gasteiger partial charge in [-0.25, -0.2) is 0 Å². The first kappa shape index (κ1) is 18.4.